The maximum atomic E-state index is 5.97. The van der Waals surface area contributed by atoms with Gasteiger partial charge >= 0.3 is 0 Å². The van der Waals surface area contributed by atoms with E-state index in [9.17, 15) is 0 Å². The second-order valence-corrected chi connectivity index (χ2v) is 4.55. The first kappa shape index (κ1) is 11.5. The van der Waals surface area contributed by atoms with E-state index in [4.69, 9.17) is 14.9 Å². The van der Waals surface area contributed by atoms with E-state index in [0.29, 0.717) is 12.6 Å². The Morgan fingerprint density at radius 1 is 1.50 bits per heavy atom. The highest BCUT2D eigenvalue weighted by atomic mass is 16.5. The first-order valence-corrected chi connectivity index (χ1v) is 6.27. The molecule has 5 heteroatoms. The van der Waals surface area contributed by atoms with Gasteiger partial charge in [-0.3, -0.25) is 0 Å². The lowest BCUT2D eigenvalue weighted by Crippen LogP contribution is -2.60. The van der Waals surface area contributed by atoms with Crippen molar-refractivity contribution in [2.75, 3.05) is 11.9 Å². The third-order valence-corrected chi connectivity index (χ3v) is 3.33. The topological polar surface area (TPSA) is 73.3 Å². The number of fused-ring (bicyclic) bond motifs is 1. The zero-order valence-electron chi connectivity index (χ0n) is 10.3. The maximum Gasteiger partial charge on any atom is 0.296 e. The quantitative estimate of drug-likeness (QED) is 0.861. The van der Waals surface area contributed by atoms with E-state index in [1.807, 2.05) is 31.2 Å². The number of ether oxygens (including phenoxy) is 1. The van der Waals surface area contributed by atoms with Crippen molar-refractivity contribution < 1.29 is 9.15 Å². The molecule has 1 aliphatic rings. The number of aromatic nitrogens is 1. The summed E-state index contributed by atoms with van der Waals surface area (Å²) < 4.78 is 11.2. The minimum atomic E-state index is 0.0815. The summed E-state index contributed by atoms with van der Waals surface area (Å²) in [5, 5.41) is 3.22. The Morgan fingerprint density at radius 3 is 3.06 bits per heavy atom. The van der Waals surface area contributed by atoms with Crippen molar-refractivity contribution >= 4 is 17.1 Å². The highest BCUT2D eigenvalue weighted by molar-refractivity contribution is 5.74. The van der Waals surface area contributed by atoms with Gasteiger partial charge in [-0.2, -0.15) is 4.98 Å². The Kier molecular flexibility index (Phi) is 2.93. The Hall–Kier alpha value is -1.59. The van der Waals surface area contributed by atoms with E-state index in [0.717, 1.165) is 17.5 Å². The molecule has 3 unspecified atom stereocenters. The van der Waals surface area contributed by atoms with Gasteiger partial charge in [-0.15, -0.1) is 0 Å². The molecule has 1 aromatic heterocycles. The number of para-hydroxylation sites is 2. The van der Waals surface area contributed by atoms with Crippen molar-refractivity contribution in [1.82, 2.24) is 4.98 Å². The van der Waals surface area contributed by atoms with Gasteiger partial charge in [-0.05, 0) is 25.5 Å². The molecule has 1 aliphatic carbocycles. The van der Waals surface area contributed by atoms with Gasteiger partial charge < -0.3 is 20.2 Å². The van der Waals surface area contributed by atoms with Crippen LogP contribution < -0.4 is 11.1 Å². The van der Waals surface area contributed by atoms with Crippen molar-refractivity contribution in [2.45, 2.75) is 31.5 Å². The Bertz CT molecular complexity index is 505. The summed E-state index contributed by atoms with van der Waals surface area (Å²) in [5.41, 5.74) is 7.60. The molecule has 1 heterocycles. The van der Waals surface area contributed by atoms with Crippen LogP contribution in [0.4, 0.5) is 6.01 Å². The third-order valence-electron chi connectivity index (χ3n) is 3.33. The molecule has 1 fully saturated rings. The minimum absolute atomic E-state index is 0.0815. The fourth-order valence-electron chi connectivity index (χ4n) is 2.30. The summed E-state index contributed by atoms with van der Waals surface area (Å²) >= 11 is 0. The second kappa shape index (κ2) is 4.59. The molecule has 3 N–H and O–H groups in total. The maximum absolute atomic E-state index is 5.97. The van der Waals surface area contributed by atoms with E-state index < -0.39 is 0 Å². The van der Waals surface area contributed by atoms with Crippen LogP contribution >= 0.6 is 0 Å². The van der Waals surface area contributed by atoms with Crippen LogP contribution in [0.3, 0.4) is 0 Å². The van der Waals surface area contributed by atoms with E-state index in [2.05, 4.69) is 10.3 Å². The summed E-state index contributed by atoms with van der Waals surface area (Å²) in [5.74, 6) is 0. The molecule has 0 spiro atoms. The van der Waals surface area contributed by atoms with Gasteiger partial charge in [-0.1, -0.05) is 12.1 Å². The van der Waals surface area contributed by atoms with Crippen LogP contribution in [-0.2, 0) is 4.74 Å². The number of anilines is 1. The molecule has 96 valence electrons. The van der Waals surface area contributed by atoms with Gasteiger partial charge in [-0.25, -0.2) is 0 Å². The van der Waals surface area contributed by atoms with Crippen LogP contribution in [0, 0.1) is 0 Å². The van der Waals surface area contributed by atoms with Crippen molar-refractivity contribution in [3.63, 3.8) is 0 Å². The standard InChI is InChI=1S/C13H17N3O2/c1-2-17-11-7-8(14)12(11)16-13-15-9-5-3-4-6-10(9)18-13/h3-6,8,11-12H,2,7,14H2,1H3,(H,15,16). The largest absolute Gasteiger partial charge is 0.424 e. The third kappa shape index (κ3) is 1.95. The summed E-state index contributed by atoms with van der Waals surface area (Å²) in [6.07, 6.45) is 1.03. The molecular weight excluding hydrogens is 230 g/mol. The molecule has 0 radical (unpaired) electrons. The van der Waals surface area contributed by atoms with Crippen LogP contribution in [0.5, 0.6) is 0 Å². The van der Waals surface area contributed by atoms with Crippen LogP contribution in [0.25, 0.3) is 11.1 Å². The number of rotatable bonds is 4. The van der Waals surface area contributed by atoms with E-state index in [1.165, 1.54) is 0 Å². The summed E-state index contributed by atoms with van der Waals surface area (Å²) in [6.45, 7) is 2.68. The Morgan fingerprint density at radius 2 is 2.33 bits per heavy atom. The minimum Gasteiger partial charge on any atom is -0.424 e. The number of nitrogens with zero attached hydrogens (tertiary/aromatic N) is 1. The first-order chi connectivity index (χ1) is 8.78. The lowest BCUT2D eigenvalue weighted by atomic mass is 9.83. The Labute approximate surface area is 105 Å². The van der Waals surface area contributed by atoms with Crippen LogP contribution in [0.2, 0.25) is 0 Å². The normalized spacial score (nSPS) is 27.1. The van der Waals surface area contributed by atoms with Gasteiger partial charge in [0.2, 0.25) is 0 Å². The van der Waals surface area contributed by atoms with Crippen molar-refractivity contribution in [1.29, 1.82) is 0 Å². The molecule has 0 bridgehead atoms. The highest BCUT2D eigenvalue weighted by Gasteiger charge is 2.40. The number of nitrogens with two attached hydrogens (primary N) is 1. The highest BCUT2D eigenvalue weighted by Crippen LogP contribution is 2.27. The number of benzene rings is 1. The SMILES string of the molecule is CCOC1CC(N)C1Nc1nc2ccccc2o1. The first-order valence-electron chi connectivity index (χ1n) is 6.27. The summed E-state index contributed by atoms with van der Waals surface area (Å²) in [7, 11) is 0. The molecule has 0 saturated heterocycles. The van der Waals surface area contributed by atoms with Crippen LogP contribution in [0.15, 0.2) is 28.7 Å². The predicted molar refractivity (Wildman–Crippen MR) is 69.4 cm³/mol. The van der Waals surface area contributed by atoms with Crippen molar-refractivity contribution in [3.05, 3.63) is 24.3 Å². The average Bonchev–Trinajstić information content (AvgIpc) is 2.78. The van der Waals surface area contributed by atoms with Gasteiger partial charge in [0.1, 0.15) is 5.52 Å². The molecule has 2 aromatic rings. The molecule has 0 amide bonds. The molecule has 1 aromatic carbocycles. The molecule has 3 atom stereocenters. The van der Waals surface area contributed by atoms with Gasteiger partial charge in [0.25, 0.3) is 6.01 Å². The molecular formula is C13H17N3O2. The molecule has 5 nitrogen and oxygen atoms in total. The van der Waals surface area contributed by atoms with E-state index in [1.54, 1.807) is 0 Å². The average molecular weight is 247 g/mol. The van der Waals surface area contributed by atoms with Crippen molar-refractivity contribution in [3.8, 4) is 0 Å². The lowest BCUT2D eigenvalue weighted by Gasteiger charge is -2.41. The van der Waals surface area contributed by atoms with Gasteiger partial charge in [0.15, 0.2) is 5.58 Å². The lowest BCUT2D eigenvalue weighted by molar-refractivity contribution is -0.0132. The monoisotopic (exact) mass is 247 g/mol. The molecule has 18 heavy (non-hydrogen) atoms. The zero-order chi connectivity index (χ0) is 12.5. The van der Waals surface area contributed by atoms with E-state index >= 15 is 0 Å². The summed E-state index contributed by atoms with van der Waals surface area (Å²) in [4.78, 5) is 4.37. The van der Waals surface area contributed by atoms with Crippen LogP contribution in [0.1, 0.15) is 13.3 Å². The fraction of sp³-hybridized carbons (Fsp3) is 0.462. The number of hydrogen-bond acceptors (Lipinski definition) is 5. The Balaban J connectivity index is 1.75. The predicted octanol–water partition coefficient (Wildman–Crippen LogP) is 1.74. The van der Waals surface area contributed by atoms with Gasteiger partial charge in [0.05, 0.1) is 12.1 Å². The smallest absolute Gasteiger partial charge is 0.296 e. The molecule has 0 aliphatic heterocycles. The van der Waals surface area contributed by atoms with Crippen LogP contribution in [-0.4, -0.2) is 29.8 Å². The fourth-order valence-corrected chi connectivity index (χ4v) is 2.30. The number of oxazole rings is 1. The van der Waals surface area contributed by atoms with E-state index in [-0.39, 0.29) is 18.2 Å². The number of nitrogens with one attached hydrogen (secondary N) is 1. The molecule has 3 rings (SSSR count). The zero-order valence-corrected chi connectivity index (χ0v) is 10.3. The molecule has 1 saturated carbocycles. The summed E-state index contributed by atoms with van der Waals surface area (Å²) in [6, 6.07) is 8.37. The van der Waals surface area contributed by atoms with Gasteiger partial charge in [0, 0.05) is 12.6 Å². The van der Waals surface area contributed by atoms with Crippen molar-refractivity contribution in [2.24, 2.45) is 5.73 Å². The second-order valence-electron chi connectivity index (χ2n) is 4.55. The number of hydrogen-bond donors (Lipinski definition) is 2.